The molecule has 0 fully saturated rings. The van der Waals surface area contributed by atoms with Gasteiger partial charge in [0.25, 0.3) is 5.91 Å². The van der Waals surface area contributed by atoms with E-state index in [0.717, 1.165) is 16.5 Å². The van der Waals surface area contributed by atoms with Crippen LogP contribution in [0.25, 0.3) is 10.2 Å². The van der Waals surface area contributed by atoms with Gasteiger partial charge in [0.2, 0.25) is 0 Å². The number of rotatable bonds is 6. The molecule has 146 valence electrons. The van der Waals surface area contributed by atoms with E-state index in [0.29, 0.717) is 10.0 Å². The van der Waals surface area contributed by atoms with Gasteiger partial charge in [0.15, 0.2) is 14.2 Å². The van der Waals surface area contributed by atoms with E-state index in [-0.39, 0.29) is 22.2 Å². The number of fused-ring (bicyclic) bond motifs is 1. The number of amides is 1. The van der Waals surface area contributed by atoms with Crippen LogP contribution in [0.2, 0.25) is 0 Å². The first-order chi connectivity index (χ1) is 13.3. The Morgan fingerprint density at radius 1 is 1.21 bits per heavy atom. The number of ether oxygens (including phenoxy) is 1. The highest BCUT2D eigenvalue weighted by Gasteiger charge is 2.18. The van der Waals surface area contributed by atoms with E-state index in [1.165, 1.54) is 42.3 Å². The Morgan fingerprint density at radius 2 is 1.96 bits per heavy atom. The summed E-state index contributed by atoms with van der Waals surface area (Å²) in [6, 6.07) is 11.3. The van der Waals surface area contributed by atoms with Gasteiger partial charge in [-0.1, -0.05) is 23.9 Å². The van der Waals surface area contributed by atoms with Gasteiger partial charge < -0.3 is 10.1 Å². The molecule has 28 heavy (non-hydrogen) atoms. The lowest BCUT2D eigenvalue weighted by atomic mass is 10.2. The third kappa shape index (κ3) is 4.70. The summed E-state index contributed by atoms with van der Waals surface area (Å²) in [6.45, 7) is 0. The zero-order chi connectivity index (χ0) is 20.3. The van der Waals surface area contributed by atoms with Crippen LogP contribution in [0.3, 0.4) is 0 Å². The number of benzene rings is 2. The number of carbonyl (C=O) groups excluding carboxylic acids is 2. The van der Waals surface area contributed by atoms with Crippen LogP contribution in [-0.4, -0.2) is 44.4 Å². The van der Waals surface area contributed by atoms with E-state index >= 15 is 0 Å². The highest BCUT2D eigenvalue weighted by molar-refractivity contribution is 8.01. The van der Waals surface area contributed by atoms with Crippen LogP contribution in [0.5, 0.6) is 0 Å². The zero-order valence-electron chi connectivity index (χ0n) is 15.0. The van der Waals surface area contributed by atoms with Gasteiger partial charge in [-0.2, -0.15) is 0 Å². The molecule has 10 heteroatoms. The maximum atomic E-state index is 12.6. The molecule has 0 unspecified atom stereocenters. The van der Waals surface area contributed by atoms with Crippen molar-refractivity contribution in [3.05, 3.63) is 48.0 Å². The SMILES string of the molecule is COC(=O)CSc1nc2ccc(NC(=O)c3ccccc3S(C)(=O)=O)cc2s1. The Hall–Kier alpha value is -2.43. The molecule has 1 amide bonds. The number of thioether (sulfide) groups is 1. The fourth-order valence-corrected chi connectivity index (χ4v) is 5.22. The minimum Gasteiger partial charge on any atom is -0.468 e. The molecule has 3 aromatic rings. The van der Waals surface area contributed by atoms with Crippen molar-refractivity contribution in [2.24, 2.45) is 0 Å². The van der Waals surface area contributed by atoms with Gasteiger partial charge in [-0.3, -0.25) is 9.59 Å². The normalized spacial score (nSPS) is 11.4. The third-order valence-electron chi connectivity index (χ3n) is 3.70. The van der Waals surface area contributed by atoms with Crippen molar-refractivity contribution >= 4 is 60.7 Å². The number of hydrogen-bond donors (Lipinski definition) is 1. The third-order valence-corrected chi connectivity index (χ3v) is 6.99. The van der Waals surface area contributed by atoms with E-state index in [1.54, 1.807) is 30.3 Å². The Balaban J connectivity index is 1.81. The van der Waals surface area contributed by atoms with E-state index in [2.05, 4.69) is 15.0 Å². The van der Waals surface area contributed by atoms with Crippen molar-refractivity contribution in [1.29, 1.82) is 0 Å². The zero-order valence-corrected chi connectivity index (χ0v) is 17.4. The summed E-state index contributed by atoms with van der Waals surface area (Å²) >= 11 is 2.67. The second kappa shape index (κ2) is 8.29. The van der Waals surface area contributed by atoms with Gasteiger partial charge in [0.1, 0.15) is 0 Å². The molecule has 3 rings (SSSR count). The molecule has 0 saturated heterocycles. The van der Waals surface area contributed by atoms with Crippen molar-refractivity contribution in [3.63, 3.8) is 0 Å². The molecular weight excluding hydrogens is 420 g/mol. The first kappa shape index (κ1) is 20.3. The summed E-state index contributed by atoms with van der Waals surface area (Å²) < 4.78 is 30.0. The summed E-state index contributed by atoms with van der Waals surface area (Å²) in [5.74, 6) is -0.672. The number of aromatic nitrogens is 1. The smallest absolute Gasteiger partial charge is 0.316 e. The van der Waals surface area contributed by atoms with Crippen molar-refractivity contribution in [2.75, 3.05) is 24.4 Å². The Labute approximate surface area is 170 Å². The number of nitrogens with one attached hydrogen (secondary N) is 1. The predicted octanol–water partition coefficient (Wildman–Crippen LogP) is 3.22. The lowest BCUT2D eigenvalue weighted by Gasteiger charge is -2.09. The fourth-order valence-electron chi connectivity index (χ4n) is 2.40. The minimum atomic E-state index is -3.53. The second-order valence-corrected chi connectivity index (χ2v) is 9.99. The van der Waals surface area contributed by atoms with Crippen molar-refractivity contribution in [2.45, 2.75) is 9.24 Å². The molecule has 7 nitrogen and oxygen atoms in total. The van der Waals surface area contributed by atoms with Crippen molar-refractivity contribution in [3.8, 4) is 0 Å². The Bertz CT molecular complexity index is 1150. The van der Waals surface area contributed by atoms with Gasteiger partial charge in [-0.25, -0.2) is 13.4 Å². The number of nitrogens with zero attached hydrogens (tertiary/aromatic N) is 1. The maximum absolute atomic E-state index is 12.6. The number of hydrogen-bond acceptors (Lipinski definition) is 8. The number of methoxy groups -OCH3 is 1. The van der Waals surface area contributed by atoms with Crippen LogP contribution in [0.1, 0.15) is 10.4 Å². The second-order valence-electron chi connectivity index (χ2n) is 5.75. The number of carbonyl (C=O) groups is 2. The number of esters is 1. The average molecular weight is 437 g/mol. The predicted molar refractivity (Wildman–Crippen MR) is 110 cm³/mol. The first-order valence-electron chi connectivity index (χ1n) is 7.98. The van der Waals surface area contributed by atoms with Crippen LogP contribution in [0.15, 0.2) is 51.7 Å². The summed E-state index contributed by atoms with van der Waals surface area (Å²) in [5, 5.41) is 2.73. The summed E-state index contributed by atoms with van der Waals surface area (Å²) in [7, 11) is -2.20. The molecule has 0 aliphatic rings. The molecule has 1 aromatic heterocycles. The van der Waals surface area contributed by atoms with Gasteiger partial charge in [-0.15, -0.1) is 11.3 Å². The Kier molecular flexibility index (Phi) is 6.01. The van der Waals surface area contributed by atoms with Crippen LogP contribution >= 0.6 is 23.1 Å². The van der Waals surface area contributed by atoms with E-state index in [4.69, 9.17) is 0 Å². The quantitative estimate of drug-likeness (QED) is 0.467. The molecule has 0 spiro atoms. The van der Waals surface area contributed by atoms with Crippen LogP contribution < -0.4 is 5.32 Å². The average Bonchev–Trinajstić information content (AvgIpc) is 3.07. The molecule has 0 saturated carbocycles. The summed E-state index contributed by atoms with van der Waals surface area (Å²) in [6.07, 6.45) is 1.07. The fraction of sp³-hybridized carbons (Fsp3) is 0.167. The standard InChI is InChI=1S/C18H16N2O5S3/c1-25-16(21)10-26-18-20-13-8-7-11(9-14(13)27-18)19-17(22)12-5-3-4-6-15(12)28(2,23)24/h3-9H,10H2,1-2H3,(H,19,22). The highest BCUT2D eigenvalue weighted by Crippen LogP contribution is 2.31. The van der Waals surface area contributed by atoms with Gasteiger partial charge in [0.05, 0.1) is 33.5 Å². The largest absolute Gasteiger partial charge is 0.468 e. The number of sulfone groups is 1. The first-order valence-corrected chi connectivity index (χ1v) is 11.7. The maximum Gasteiger partial charge on any atom is 0.316 e. The lowest BCUT2D eigenvalue weighted by Crippen LogP contribution is -2.15. The molecule has 0 atom stereocenters. The van der Waals surface area contributed by atoms with Gasteiger partial charge >= 0.3 is 5.97 Å². The van der Waals surface area contributed by atoms with Gasteiger partial charge in [0, 0.05) is 11.9 Å². The van der Waals surface area contributed by atoms with Crippen molar-refractivity contribution < 1.29 is 22.7 Å². The molecule has 0 aliphatic heterocycles. The minimum absolute atomic E-state index is 0.0205. The summed E-state index contributed by atoms with van der Waals surface area (Å²) in [5.41, 5.74) is 1.35. The molecule has 2 aromatic carbocycles. The molecule has 0 radical (unpaired) electrons. The van der Waals surface area contributed by atoms with Crippen LogP contribution in [-0.2, 0) is 19.4 Å². The van der Waals surface area contributed by atoms with Crippen LogP contribution in [0, 0.1) is 0 Å². The van der Waals surface area contributed by atoms with Crippen LogP contribution in [0.4, 0.5) is 5.69 Å². The molecule has 1 heterocycles. The van der Waals surface area contributed by atoms with E-state index in [1.807, 2.05) is 0 Å². The summed E-state index contributed by atoms with van der Waals surface area (Å²) in [4.78, 5) is 28.2. The molecule has 0 bridgehead atoms. The topological polar surface area (TPSA) is 102 Å². The van der Waals surface area contributed by atoms with E-state index < -0.39 is 15.7 Å². The van der Waals surface area contributed by atoms with Crippen molar-refractivity contribution in [1.82, 2.24) is 4.98 Å². The highest BCUT2D eigenvalue weighted by atomic mass is 32.2. The van der Waals surface area contributed by atoms with E-state index in [9.17, 15) is 18.0 Å². The van der Waals surface area contributed by atoms with Gasteiger partial charge in [-0.05, 0) is 30.3 Å². The Morgan fingerprint density at radius 3 is 2.68 bits per heavy atom. The number of anilines is 1. The molecule has 0 aliphatic carbocycles. The number of thiazole rings is 1. The molecular formula is C18H16N2O5S3. The monoisotopic (exact) mass is 436 g/mol. The molecule has 1 N–H and O–H groups in total. The lowest BCUT2D eigenvalue weighted by molar-refractivity contribution is -0.137.